The van der Waals surface area contributed by atoms with Crippen LogP contribution in [0.1, 0.15) is 36.5 Å². The summed E-state index contributed by atoms with van der Waals surface area (Å²) in [4.78, 5) is 26.1. The van der Waals surface area contributed by atoms with Gasteiger partial charge in [0.25, 0.3) is 5.69 Å². The molecule has 0 spiro atoms. The molecule has 0 saturated carbocycles. The van der Waals surface area contributed by atoms with Crippen LogP contribution >= 0.6 is 0 Å². The zero-order valence-corrected chi connectivity index (χ0v) is 17.3. The molecule has 3 aromatic carbocycles. The first-order valence-electron chi connectivity index (χ1n) is 10.1. The van der Waals surface area contributed by atoms with Crippen LogP contribution in [0.4, 0.5) is 5.69 Å². The van der Waals surface area contributed by atoms with E-state index in [9.17, 15) is 14.9 Å². The molecule has 0 heterocycles. The Balaban J connectivity index is 1.92. The van der Waals surface area contributed by atoms with Crippen molar-refractivity contribution in [2.75, 3.05) is 0 Å². The summed E-state index contributed by atoms with van der Waals surface area (Å²) < 4.78 is 0. The van der Waals surface area contributed by atoms with E-state index < -0.39 is 4.92 Å². The largest absolute Gasteiger partial charge is 0.334 e. The van der Waals surface area contributed by atoms with Crippen LogP contribution in [-0.4, -0.2) is 15.7 Å². The number of nitrogens with zero attached hydrogens (tertiary/aromatic N) is 2. The monoisotopic (exact) mass is 402 g/mol. The molecule has 0 aliphatic carbocycles. The molecule has 1 amide bonds. The lowest BCUT2D eigenvalue weighted by Gasteiger charge is -2.30. The Morgan fingerprint density at radius 3 is 1.70 bits per heavy atom. The summed E-state index contributed by atoms with van der Waals surface area (Å²) in [5.41, 5.74) is 2.95. The maximum absolute atomic E-state index is 13.7. The van der Waals surface area contributed by atoms with Crippen LogP contribution in [0.5, 0.6) is 0 Å². The molecule has 5 nitrogen and oxygen atoms in total. The molecule has 0 aliphatic heterocycles. The van der Waals surface area contributed by atoms with Crippen LogP contribution in [0, 0.1) is 16.0 Å². The van der Waals surface area contributed by atoms with Crippen LogP contribution in [0.25, 0.3) is 0 Å². The fourth-order valence-electron chi connectivity index (χ4n) is 3.63. The van der Waals surface area contributed by atoms with Gasteiger partial charge in [-0.2, -0.15) is 0 Å². The number of nitro benzene ring substituents is 1. The van der Waals surface area contributed by atoms with Crippen molar-refractivity contribution in [2.24, 2.45) is 5.92 Å². The van der Waals surface area contributed by atoms with Crippen molar-refractivity contribution in [2.45, 2.75) is 32.9 Å². The van der Waals surface area contributed by atoms with Gasteiger partial charge in [-0.1, -0.05) is 86.6 Å². The summed E-state index contributed by atoms with van der Waals surface area (Å²) in [6.45, 7) is 5.02. The van der Waals surface area contributed by atoms with Gasteiger partial charge in [0.2, 0.25) is 5.91 Å². The smallest absolute Gasteiger partial charge is 0.269 e. The average molecular weight is 402 g/mol. The predicted octanol–water partition coefficient (Wildman–Crippen LogP) is 5.56. The van der Waals surface area contributed by atoms with Crippen LogP contribution in [0.3, 0.4) is 0 Å². The maximum Gasteiger partial charge on any atom is 0.269 e. The van der Waals surface area contributed by atoms with Gasteiger partial charge in [-0.15, -0.1) is 0 Å². The van der Waals surface area contributed by atoms with Gasteiger partial charge in [0, 0.05) is 25.2 Å². The lowest BCUT2D eigenvalue weighted by Crippen LogP contribution is -2.36. The summed E-state index contributed by atoms with van der Waals surface area (Å²) >= 11 is 0. The van der Waals surface area contributed by atoms with Gasteiger partial charge < -0.3 is 4.90 Å². The van der Waals surface area contributed by atoms with Crippen LogP contribution in [0.15, 0.2) is 84.9 Å². The minimum atomic E-state index is -0.424. The Morgan fingerprint density at radius 2 is 1.30 bits per heavy atom. The van der Waals surface area contributed by atoms with Gasteiger partial charge in [-0.3, -0.25) is 14.9 Å². The van der Waals surface area contributed by atoms with E-state index in [2.05, 4.69) is 0 Å². The highest BCUT2D eigenvalue weighted by Crippen LogP contribution is 2.29. The molecule has 1 unspecified atom stereocenters. The molecule has 5 heteroatoms. The van der Waals surface area contributed by atoms with Crippen LogP contribution in [0.2, 0.25) is 0 Å². The van der Waals surface area contributed by atoms with Gasteiger partial charge in [0.05, 0.1) is 10.8 Å². The van der Waals surface area contributed by atoms with Gasteiger partial charge in [-0.05, 0) is 22.6 Å². The van der Waals surface area contributed by atoms with Crippen molar-refractivity contribution in [3.8, 4) is 0 Å². The molecule has 0 saturated heterocycles. The molecule has 0 N–H and O–H groups in total. The minimum absolute atomic E-state index is 0.0200. The van der Waals surface area contributed by atoms with E-state index in [0.717, 1.165) is 16.7 Å². The highest BCUT2D eigenvalue weighted by Gasteiger charge is 2.29. The van der Waals surface area contributed by atoms with E-state index in [1.807, 2.05) is 79.4 Å². The number of carbonyl (C=O) groups is 1. The highest BCUT2D eigenvalue weighted by molar-refractivity contribution is 5.84. The van der Waals surface area contributed by atoms with Crippen molar-refractivity contribution >= 4 is 11.6 Å². The minimum Gasteiger partial charge on any atom is -0.334 e. The predicted molar refractivity (Wildman–Crippen MR) is 118 cm³/mol. The number of amides is 1. The lowest BCUT2D eigenvalue weighted by molar-refractivity contribution is -0.384. The molecule has 3 aromatic rings. The molecular weight excluding hydrogens is 376 g/mol. The quantitative estimate of drug-likeness (QED) is 0.366. The number of hydrogen-bond donors (Lipinski definition) is 0. The molecule has 1 atom stereocenters. The van der Waals surface area contributed by atoms with Crippen molar-refractivity contribution in [3.05, 3.63) is 112 Å². The maximum atomic E-state index is 13.7. The molecular formula is C25H26N2O3. The Kier molecular flexibility index (Phi) is 6.96. The molecule has 0 fully saturated rings. The van der Waals surface area contributed by atoms with Crippen molar-refractivity contribution in [1.82, 2.24) is 4.90 Å². The zero-order valence-electron chi connectivity index (χ0n) is 17.3. The molecule has 0 aliphatic rings. The Labute approximate surface area is 177 Å². The number of benzene rings is 3. The van der Waals surface area contributed by atoms with Gasteiger partial charge in [0.1, 0.15) is 0 Å². The summed E-state index contributed by atoms with van der Waals surface area (Å²) in [5.74, 6) is -0.308. The average Bonchev–Trinajstić information content (AvgIpc) is 2.75. The SMILES string of the molecule is CC(C)C(C(=O)N(Cc1ccccc1)Cc1ccccc1)c1ccc([N+](=O)[O-])cc1. The van der Waals surface area contributed by atoms with Crippen LogP contribution in [-0.2, 0) is 17.9 Å². The number of nitro groups is 1. The van der Waals surface area contributed by atoms with Crippen molar-refractivity contribution < 1.29 is 9.72 Å². The second kappa shape index (κ2) is 9.83. The first kappa shape index (κ1) is 21.2. The van der Waals surface area contributed by atoms with Gasteiger partial charge in [-0.25, -0.2) is 0 Å². The topological polar surface area (TPSA) is 63.5 Å². The standard InChI is InChI=1S/C25H26N2O3/c1-19(2)24(22-13-15-23(16-14-22)27(29)30)25(28)26(17-20-9-5-3-6-10-20)18-21-11-7-4-8-12-21/h3-16,19,24H,17-18H2,1-2H3. The number of rotatable bonds is 8. The van der Waals surface area contributed by atoms with Crippen molar-refractivity contribution in [3.63, 3.8) is 0 Å². The molecule has 0 bridgehead atoms. The summed E-state index contributed by atoms with van der Waals surface area (Å²) in [7, 11) is 0. The molecule has 30 heavy (non-hydrogen) atoms. The van der Waals surface area contributed by atoms with E-state index >= 15 is 0 Å². The first-order valence-corrected chi connectivity index (χ1v) is 10.1. The molecule has 3 rings (SSSR count). The highest BCUT2D eigenvalue weighted by atomic mass is 16.6. The van der Waals surface area contributed by atoms with Gasteiger partial charge >= 0.3 is 0 Å². The number of non-ortho nitro benzene ring substituents is 1. The second-order valence-corrected chi connectivity index (χ2v) is 7.74. The van der Waals surface area contributed by atoms with Crippen molar-refractivity contribution in [1.29, 1.82) is 0 Å². The summed E-state index contributed by atoms with van der Waals surface area (Å²) in [5, 5.41) is 11.0. The first-order chi connectivity index (χ1) is 14.5. The number of hydrogen-bond acceptors (Lipinski definition) is 3. The third-order valence-electron chi connectivity index (χ3n) is 5.14. The molecule has 0 aromatic heterocycles. The molecule has 0 radical (unpaired) electrons. The normalized spacial score (nSPS) is 11.8. The van der Waals surface area contributed by atoms with Gasteiger partial charge in [0.15, 0.2) is 0 Å². The Hall–Kier alpha value is -3.47. The Morgan fingerprint density at radius 1 is 0.833 bits per heavy atom. The lowest BCUT2D eigenvalue weighted by atomic mass is 9.86. The van der Waals surface area contributed by atoms with E-state index in [-0.39, 0.29) is 23.4 Å². The third-order valence-corrected chi connectivity index (χ3v) is 5.14. The fraction of sp³-hybridized carbons (Fsp3) is 0.240. The van der Waals surface area contributed by atoms with E-state index in [1.165, 1.54) is 12.1 Å². The van der Waals surface area contributed by atoms with E-state index in [4.69, 9.17) is 0 Å². The summed E-state index contributed by atoms with van der Waals surface area (Å²) in [6.07, 6.45) is 0. The van der Waals surface area contributed by atoms with Crippen LogP contribution < -0.4 is 0 Å². The second-order valence-electron chi connectivity index (χ2n) is 7.74. The zero-order chi connectivity index (χ0) is 21.5. The van der Waals surface area contributed by atoms with E-state index in [1.54, 1.807) is 12.1 Å². The molecule has 154 valence electrons. The summed E-state index contributed by atoms with van der Waals surface area (Å²) in [6, 6.07) is 26.2. The third kappa shape index (κ3) is 5.32. The fourth-order valence-corrected chi connectivity index (χ4v) is 3.63. The number of carbonyl (C=O) groups excluding carboxylic acids is 1. The Bertz CT molecular complexity index is 929. The van der Waals surface area contributed by atoms with E-state index in [0.29, 0.717) is 13.1 Å².